The molecule has 0 aromatic carbocycles. The Labute approximate surface area is 98.0 Å². The fourth-order valence-corrected chi connectivity index (χ4v) is 1.51. The number of likely N-dealkylation sites (N-methyl/N-ethyl adjacent to an activating group) is 1. The molecule has 1 aromatic heterocycles. The lowest BCUT2D eigenvalue weighted by molar-refractivity contribution is 0.423. The number of rotatable bonds is 3. The van der Waals surface area contributed by atoms with Crippen molar-refractivity contribution in [2.45, 2.75) is 27.2 Å². The summed E-state index contributed by atoms with van der Waals surface area (Å²) in [7, 11) is 1.97. The zero-order valence-electron chi connectivity index (χ0n) is 10.6. The highest BCUT2D eigenvalue weighted by molar-refractivity contribution is 5.83. The average molecular weight is 219 g/mol. The molecule has 16 heavy (non-hydrogen) atoms. The van der Waals surface area contributed by atoms with Crippen molar-refractivity contribution in [2.75, 3.05) is 13.6 Å². The fourth-order valence-electron chi connectivity index (χ4n) is 1.51. The molecule has 1 rings (SSSR count). The van der Waals surface area contributed by atoms with Crippen LogP contribution < -0.4 is 0 Å². The molecule has 3 heteroatoms. The first-order valence-corrected chi connectivity index (χ1v) is 5.61. The quantitative estimate of drug-likeness (QED) is 0.627. The van der Waals surface area contributed by atoms with E-state index in [4.69, 9.17) is 5.41 Å². The zero-order chi connectivity index (χ0) is 12.2. The SMILES string of the molecule is CN(CCc1ccccn1)C(=N)C(C)(C)C. The lowest BCUT2D eigenvalue weighted by Gasteiger charge is -2.29. The molecule has 0 aliphatic heterocycles. The summed E-state index contributed by atoms with van der Waals surface area (Å²) in [6.07, 6.45) is 2.69. The van der Waals surface area contributed by atoms with Gasteiger partial charge in [0, 0.05) is 37.3 Å². The number of nitrogens with zero attached hydrogens (tertiary/aromatic N) is 2. The van der Waals surface area contributed by atoms with Gasteiger partial charge >= 0.3 is 0 Å². The maximum absolute atomic E-state index is 8.02. The maximum atomic E-state index is 8.02. The van der Waals surface area contributed by atoms with Gasteiger partial charge in [0.25, 0.3) is 0 Å². The molecule has 0 spiro atoms. The van der Waals surface area contributed by atoms with Gasteiger partial charge in [0.2, 0.25) is 0 Å². The van der Waals surface area contributed by atoms with Crippen LogP contribution in [0.3, 0.4) is 0 Å². The van der Waals surface area contributed by atoms with E-state index in [0.717, 1.165) is 18.7 Å². The summed E-state index contributed by atoms with van der Waals surface area (Å²) in [6.45, 7) is 7.03. The average Bonchev–Trinajstić information content (AvgIpc) is 2.25. The molecular weight excluding hydrogens is 198 g/mol. The van der Waals surface area contributed by atoms with Gasteiger partial charge in [-0.3, -0.25) is 10.4 Å². The van der Waals surface area contributed by atoms with Crippen LogP contribution in [0.1, 0.15) is 26.5 Å². The minimum atomic E-state index is -0.0845. The van der Waals surface area contributed by atoms with Crippen molar-refractivity contribution in [1.82, 2.24) is 9.88 Å². The maximum Gasteiger partial charge on any atom is 0.101 e. The van der Waals surface area contributed by atoms with Crippen LogP contribution >= 0.6 is 0 Å². The van der Waals surface area contributed by atoms with Gasteiger partial charge in [-0.05, 0) is 12.1 Å². The summed E-state index contributed by atoms with van der Waals surface area (Å²) in [5.74, 6) is 0.670. The monoisotopic (exact) mass is 219 g/mol. The second kappa shape index (κ2) is 5.10. The molecule has 1 aromatic rings. The van der Waals surface area contributed by atoms with Crippen LogP contribution in [0.4, 0.5) is 0 Å². The van der Waals surface area contributed by atoms with E-state index < -0.39 is 0 Å². The summed E-state index contributed by atoms with van der Waals surface area (Å²) in [5, 5.41) is 8.02. The van der Waals surface area contributed by atoms with Gasteiger partial charge in [-0.1, -0.05) is 26.8 Å². The second-order valence-corrected chi connectivity index (χ2v) is 5.09. The van der Waals surface area contributed by atoms with Crippen molar-refractivity contribution in [3.8, 4) is 0 Å². The number of hydrogen-bond donors (Lipinski definition) is 1. The zero-order valence-corrected chi connectivity index (χ0v) is 10.6. The van der Waals surface area contributed by atoms with Gasteiger partial charge in [-0.2, -0.15) is 0 Å². The van der Waals surface area contributed by atoms with Crippen molar-refractivity contribution in [2.24, 2.45) is 5.41 Å². The Morgan fingerprint density at radius 2 is 2.06 bits per heavy atom. The molecule has 88 valence electrons. The predicted octanol–water partition coefficient (Wildman–Crippen LogP) is 2.58. The molecule has 0 aliphatic carbocycles. The lowest BCUT2D eigenvalue weighted by Crippen LogP contribution is -2.37. The number of amidine groups is 1. The van der Waals surface area contributed by atoms with E-state index in [-0.39, 0.29) is 5.41 Å². The Morgan fingerprint density at radius 3 is 2.56 bits per heavy atom. The summed E-state index contributed by atoms with van der Waals surface area (Å²) in [4.78, 5) is 6.27. The topological polar surface area (TPSA) is 40.0 Å². The largest absolute Gasteiger partial charge is 0.363 e. The normalized spacial score (nSPS) is 11.2. The van der Waals surface area contributed by atoms with Crippen molar-refractivity contribution in [1.29, 1.82) is 5.41 Å². The molecular formula is C13H21N3. The molecule has 3 nitrogen and oxygen atoms in total. The van der Waals surface area contributed by atoms with Crippen LogP contribution in [-0.4, -0.2) is 29.3 Å². The smallest absolute Gasteiger partial charge is 0.101 e. The molecule has 0 bridgehead atoms. The minimum absolute atomic E-state index is 0.0845. The third-order valence-corrected chi connectivity index (χ3v) is 2.52. The van der Waals surface area contributed by atoms with Gasteiger partial charge in [0.1, 0.15) is 5.84 Å². The molecule has 0 saturated heterocycles. The Balaban J connectivity index is 2.48. The number of hydrogen-bond acceptors (Lipinski definition) is 2. The van der Waals surface area contributed by atoms with E-state index in [9.17, 15) is 0 Å². The molecule has 0 fully saturated rings. The Kier molecular flexibility index (Phi) is 4.05. The number of pyridine rings is 1. The van der Waals surface area contributed by atoms with E-state index in [1.807, 2.05) is 36.3 Å². The molecule has 0 unspecified atom stereocenters. The minimum Gasteiger partial charge on any atom is -0.363 e. The van der Waals surface area contributed by atoms with Gasteiger partial charge in [-0.25, -0.2) is 0 Å². The predicted molar refractivity (Wildman–Crippen MR) is 67.8 cm³/mol. The molecule has 1 heterocycles. The van der Waals surface area contributed by atoms with E-state index in [1.165, 1.54) is 0 Å². The van der Waals surface area contributed by atoms with Gasteiger partial charge in [0.05, 0.1) is 0 Å². The van der Waals surface area contributed by atoms with E-state index in [0.29, 0.717) is 5.84 Å². The van der Waals surface area contributed by atoms with Gasteiger partial charge in [-0.15, -0.1) is 0 Å². The van der Waals surface area contributed by atoms with Crippen molar-refractivity contribution >= 4 is 5.84 Å². The standard InChI is InChI=1S/C13H21N3/c1-13(2,3)12(14)16(4)10-8-11-7-5-6-9-15-11/h5-7,9,14H,8,10H2,1-4H3. The summed E-state index contributed by atoms with van der Waals surface area (Å²) in [5.41, 5.74) is 0.995. The highest BCUT2D eigenvalue weighted by atomic mass is 15.1. The Hall–Kier alpha value is -1.38. The summed E-state index contributed by atoms with van der Waals surface area (Å²) < 4.78 is 0. The summed E-state index contributed by atoms with van der Waals surface area (Å²) in [6, 6.07) is 5.94. The third-order valence-electron chi connectivity index (χ3n) is 2.52. The fraction of sp³-hybridized carbons (Fsp3) is 0.538. The van der Waals surface area contributed by atoms with Crippen LogP contribution in [0.15, 0.2) is 24.4 Å². The third kappa shape index (κ3) is 3.65. The number of aromatic nitrogens is 1. The number of nitrogens with one attached hydrogen (secondary N) is 1. The molecule has 1 N–H and O–H groups in total. The van der Waals surface area contributed by atoms with Crippen LogP contribution in [0.25, 0.3) is 0 Å². The summed E-state index contributed by atoms with van der Waals surface area (Å²) >= 11 is 0. The van der Waals surface area contributed by atoms with E-state index in [2.05, 4.69) is 25.8 Å². The molecule has 0 radical (unpaired) electrons. The van der Waals surface area contributed by atoms with Crippen LogP contribution in [-0.2, 0) is 6.42 Å². The first-order valence-electron chi connectivity index (χ1n) is 5.61. The van der Waals surface area contributed by atoms with Gasteiger partial charge in [0.15, 0.2) is 0 Å². The van der Waals surface area contributed by atoms with Crippen molar-refractivity contribution in [3.63, 3.8) is 0 Å². The molecule has 0 saturated carbocycles. The highest BCUT2D eigenvalue weighted by Gasteiger charge is 2.20. The van der Waals surface area contributed by atoms with Crippen LogP contribution in [0.5, 0.6) is 0 Å². The second-order valence-electron chi connectivity index (χ2n) is 5.09. The van der Waals surface area contributed by atoms with Crippen LogP contribution in [0.2, 0.25) is 0 Å². The first-order chi connectivity index (χ1) is 7.41. The van der Waals surface area contributed by atoms with Crippen molar-refractivity contribution in [3.05, 3.63) is 30.1 Å². The molecule has 0 amide bonds. The Morgan fingerprint density at radius 1 is 1.38 bits per heavy atom. The van der Waals surface area contributed by atoms with Crippen LogP contribution in [0, 0.1) is 10.8 Å². The molecule has 0 aliphatic rings. The van der Waals surface area contributed by atoms with Crippen molar-refractivity contribution < 1.29 is 0 Å². The van der Waals surface area contributed by atoms with E-state index in [1.54, 1.807) is 0 Å². The van der Waals surface area contributed by atoms with E-state index >= 15 is 0 Å². The highest BCUT2D eigenvalue weighted by Crippen LogP contribution is 2.16. The van der Waals surface area contributed by atoms with Gasteiger partial charge < -0.3 is 4.90 Å². The first kappa shape index (κ1) is 12.7. The molecule has 0 atom stereocenters. The Bertz CT molecular complexity index is 338. The lowest BCUT2D eigenvalue weighted by atomic mass is 9.94.